The molecule has 0 aliphatic carbocycles. The van der Waals surface area contributed by atoms with Gasteiger partial charge in [0.15, 0.2) is 0 Å². The molecule has 1 atom stereocenters. The van der Waals surface area contributed by atoms with Gasteiger partial charge in [-0.05, 0) is 18.9 Å². The van der Waals surface area contributed by atoms with E-state index in [0.29, 0.717) is 26.3 Å². The summed E-state index contributed by atoms with van der Waals surface area (Å²) >= 11 is 0. The first-order valence-electron chi connectivity index (χ1n) is 7.14. The van der Waals surface area contributed by atoms with Gasteiger partial charge in [-0.3, -0.25) is 9.69 Å². The lowest BCUT2D eigenvalue weighted by Gasteiger charge is -2.36. The first-order valence-corrected chi connectivity index (χ1v) is 7.14. The lowest BCUT2D eigenvalue weighted by molar-refractivity contribution is -0.140. The Morgan fingerprint density at radius 3 is 2.95 bits per heavy atom. The highest BCUT2D eigenvalue weighted by Gasteiger charge is 2.29. The Morgan fingerprint density at radius 2 is 2.15 bits per heavy atom. The molecule has 0 spiro atoms. The van der Waals surface area contributed by atoms with Crippen molar-refractivity contribution in [2.75, 3.05) is 32.8 Å². The molecular weight excluding hydrogens is 256 g/mol. The molecule has 2 aliphatic rings. The SMILES string of the molecule is C[C@H](C(=O)N1CCOCC1)N1CCc2cncnc2C1. The molecule has 1 saturated heterocycles. The van der Waals surface area contributed by atoms with Crippen LogP contribution in [0.5, 0.6) is 0 Å². The molecule has 0 radical (unpaired) electrons. The summed E-state index contributed by atoms with van der Waals surface area (Å²) < 4.78 is 5.30. The second-order valence-corrected chi connectivity index (χ2v) is 5.33. The lowest BCUT2D eigenvalue weighted by atomic mass is 10.0. The van der Waals surface area contributed by atoms with Crippen LogP contribution in [-0.2, 0) is 22.5 Å². The summed E-state index contributed by atoms with van der Waals surface area (Å²) in [6, 6.07) is -0.101. The van der Waals surface area contributed by atoms with Crippen LogP contribution in [0, 0.1) is 0 Å². The number of morpholine rings is 1. The number of aromatic nitrogens is 2. The van der Waals surface area contributed by atoms with Crippen LogP contribution in [0.3, 0.4) is 0 Å². The molecule has 1 aromatic rings. The number of ether oxygens (including phenoxy) is 1. The van der Waals surface area contributed by atoms with Crippen molar-refractivity contribution >= 4 is 5.91 Å². The van der Waals surface area contributed by atoms with Gasteiger partial charge in [0.2, 0.25) is 5.91 Å². The Kier molecular flexibility index (Phi) is 3.93. The Hall–Kier alpha value is -1.53. The Morgan fingerprint density at radius 1 is 1.35 bits per heavy atom. The van der Waals surface area contributed by atoms with Crippen LogP contribution in [0.1, 0.15) is 18.2 Å². The average Bonchev–Trinajstić information content (AvgIpc) is 2.54. The highest BCUT2D eigenvalue weighted by atomic mass is 16.5. The van der Waals surface area contributed by atoms with E-state index in [4.69, 9.17) is 4.74 Å². The largest absolute Gasteiger partial charge is 0.378 e. The molecule has 6 heteroatoms. The maximum Gasteiger partial charge on any atom is 0.239 e. The van der Waals surface area contributed by atoms with Crippen molar-refractivity contribution in [3.8, 4) is 0 Å². The van der Waals surface area contributed by atoms with E-state index < -0.39 is 0 Å². The van der Waals surface area contributed by atoms with Gasteiger partial charge < -0.3 is 9.64 Å². The van der Waals surface area contributed by atoms with E-state index in [1.54, 1.807) is 6.33 Å². The summed E-state index contributed by atoms with van der Waals surface area (Å²) in [5.74, 6) is 0.200. The number of carbonyl (C=O) groups excluding carboxylic acids is 1. The van der Waals surface area contributed by atoms with Gasteiger partial charge in [-0.2, -0.15) is 0 Å². The quantitative estimate of drug-likeness (QED) is 0.766. The number of nitrogens with zero attached hydrogens (tertiary/aromatic N) is 4. The van der Waals surface area contributed by atoms with E-state index in [-0.39, 0.29) is 11.9 Å². The second kappa shape index (κ2) is 5.85. The molecule has 1 fully saturated rings. The molecule has 108 valence electrons. The fourth-order valence-electron chi connectivity index (χ4n) is 2.81. The predicted octanol–water partition coefficient (Wildman–Crippen LogP) is 0.0820. The Labute approximate surface area is 118 Å². The predicted molar refractivity (Wildman–Crippen MR) is 73.0 cm³/mol. The first-order chi connectivity index (χ1) is 9.75. The van der Waals surface area contributed by atoms with Crippen molar-refractivity contribution < 1.29 is 9.53 Å². The van der Waals surface area contributed by atoms with Gasteiger partial charge in [0.25, 0.3) is 0 Å². The summed E-state index contributed by atoms with van der Waals surface area (Å²) in [6.45, 7) is 6.31. The first kappa shape index (κ1) is 13.5. The normalized spacial score (nSPS) is 21.4. The third-order valence-corrected chi connectivity index (χ3v) is 4.13. The molecule has 2 aliphatic heterocycles. The Balaban J connectivity index is 1.66. The minimum atomic E-state index is -0.101. The summed E-state index contributed by atoms with van der Waals surface area (Å²) in [6.07, 6.45) is 4.38. The third-order valence-electron chi connectivity index (χ3n) is 4.13. The number of hydrogen-bond acceptors (Lipinski definition) is 5. The molecule has 3 rings (SSSR count). The van der Waals surface area contributed by atoms with Crippen LogP contribution in [0.2, 0.25) is 0 Å². The number of amides is 1. The molecule has 6 nitrogen and oxygen atoms in total. The molecule has 0 bridgehead atoms. The van der Waals surface area contributed by atoms with E-state index in [1.807, 2.05) is 18.0 Å². The van der Waals surface area contributed by atoms with E-state index in [0.717, 1.165) is 25.2 Å². The third kappa shape index (κ3) is 2.66. The molecule has 0 aromatic carbocycles. The minimum absolute atomic E-state index is 0.101. The van der Waals surface area contributed by atoms with Gasteiger partial charge in [-0.1, -0.05) is 0 Å². The zero-order valence-electron chi connectivity index (χ0n) is 11.8. The van der Waals surface area contributed by atoms with Gasteiger partial charge in [0.1, 0.15) is 6.33 Å². The summed E-state index contributed by atoms with van der Waals surface area (Å²) in [7, 11) is 0. The fraction of sp³-hybridized carbons (Fsp3) is 0.643. The molecule has 0 N–H and O–H groups in total. The van der Waals surface area contributed by atoms with Crippen molar-refractivity contribution in [1.29, 1.82) is 0 Å². The van der Waals surface area contributed by atoms with Gasteiger partial charge in [0.05, 0.1) is 24.9 Å². The van der Waals surface area contributed by atoms with Gasteiger partial charge in [-0.15, -0.1) is 0 Å². The van der Waals surface area contributed by atoms with Gasteiger partial charge in [-0.25, -0.2) is 9.97 Å². The monoisotopic (exact) mass is 276 g/mol. The van der Waals surface area contributed by atoms with Gasteiger partial charge in [0, 0.05) is 32.4 Å². The van der Waals surface area contributed by atoms with Crippen LogP contribution < -0.4 is 0 Å². The van der Waals surface area contributed by atoms with Crippen LogP contribution >= 0.6 is 0 Å². The smallest absolute Gasteiger partial charge is 0.239 e. The lowest BCUT2D eigenvalue weighted by Crippen LogP contribution is -2.51. The van der Waals surface area contributed by atoms with Crippen LogP contribution in [0.15, 0.2) is 12.5 Å². The molecule has 0 unspecified atom stereocenters. The summed E-state index contributed by atoms with van der Waals surface area (Å²) in [5.41, 5.74) is 2.25. The van der Waals surface area contributed by atoms with Crippen molar-refractivity contribution in [3.63, 3.8) is 0 Å². The van der Waals surface area contributed by atoms with Crippen LogP contribution in [0.25, 0.3) is 0 Å². The summed E-state index contributed by atoms with van der Waals surface area (Å²) in [5, 5.41) is 0. The highest BCUT2D eigenvalue weighted by Crippen LogP contribution is 2.18. The molecular formula is C14H20N4O2. The van der Waals surface area contributed by atoms with Crippen molar-refractivity contribution in [2.24, 2.45) is 0 Å². The van der Waals surface area contributed by atoms with Gasteiger partial charge >= 0.3 is 0 Å². The number of rotatable bonds is 2. The Bertz CT molecular complexity index is 488. The maximum absolute atomic E-state index is 12.5. The van der Waals surface area contributed by atoms with E-state index in [9.17, 15) is 4.79 Å². The fourth-order valence-corrected chi connectivity index (χ4v) is 2.81. The molecule has 20 heavy (non-hydrogen) atoms. The topological polar surface area (TPSA) is 58.6 Å². The van der Waals surface area contributed by atoms with Crippen molar-refractivity contribution in [2.45, 2.75) is 25.9 Å². The molecule has 0 saturated carbocycles. The van der Waals surface area contributed by atoms with E-state index in [2.05, 4.69) is 14.9 Å². The highest BCUT2D eigenvalue weighted by molar-refractivity contribution is 5.81. The zero-order chi connectivity index (χ0) is 13.9. The summed E-state index contributed by atoms with van der Waals surface area (Å²) in [4.78, 5) is 25.0. The van der Waals surface area contributed by atoms with Crippen LogP contribution in [-0.4, -0.2) is 64.6 Å². The zero-order valence-corrected chi connectivity index (χ0v) is 11.8. The van der Waals surface area contributed by atoms with E-state index in [1.165, 1.54) is 5.56 Å². The maximum atomic E-state index is 12.5. The van der Waals surface area contributed by atoms with E-state index >= 15 is 0 Å². The standard InChI is InChI=1S/C14H20N4O2/c1-11(14(19)17-4-6-20-7-5-17)18-3-2-12-8-15-10-16-13(12)9-18/h8,10-11H,2-7,9H2,1H3/t11-/m1/s1. The average molecular weight is 276 g/mol. The number of hydrogen-bond donors (Lipinski definition) is 0. The minimum Gasteiger partial charge on any atom is -0.378 e. The van der Waals surface area contributed by atoms with Crippen molar-refractivity contribution in [3.05, 3.63) is 23.8 Å². The molecule has 1 aromatic heterocycles. The van der Waals surface area contributed by atoms with Crippen molar-refractivity contribution in [1.82, 2.24) is 19.8 Å². The van der Waals surface area contributed by atoms with Crippen LogP contribution in [0.4, 0.5) is 0 Å². The number of carbonyl (C=O) groups is 1. The number of fused-ring (bicyclic) bond motifs is 1. The second-order valence-electron chi connectivity index (χ2n) is 5.33. The molecule has 3 heterocycles. The molecule has 1 amide bonds.